The summed E-state index contributed by atoms with van der Waals surface area (Å²) in [6, 6.07) is 9.36. The molecule has 0 atom stereocenters. The summed E-state index contributed by atoms with van der Waals surface area (Å²) in [4.78, 5) is 4.40. The van der Waals surface area contributed by atoms with Crippen LogP contribution in [0.1, 0.15) is 11.4 Å². The van der Waals surface area contributed by atoms with Crippen molar-refractivity contribution >= 4 is 27.1 Å². The van der Waals surface area contributed by atoms with Crippen LogP contribution in [0.15, 0.2) is 41.3 Å². The van der Waals surface area contributed by atoms with E-state index in [1.807, 2.05) is 0 Å². The average molecular weight is 297 g/mol. The standard InChI is InChI=1S/C13H13ClN2O2S/c1-9-13(15)7-4-11(16-9)8-19(17,18)12-5-2-10(14)3-6-12/h2-7H,8,15H2,1H3. The molecule has 0 saturated carbocycles. The van der Waals surface area contributed by atoms with Gasteiger partial charge in [0.25, 0.3) is 0 Å². The van der Waals surface area contributed by atoms with Crippen molar-refractivity contribution in [1.29, 1.82) is 0 Å². The highest BCUT2D eigenvalue weighted by Crippen LogP contribution is 2.19. The summed E-state index contributed by atoms with van der Waals surface area (Å²) in [7, 11) is -3.42. The minimum absolute atomic E-state index is 0.157. The second kappa shape index (κ2) is 5.19. The van der Waals surface area contributed by atoms with Crippen molar-refractivity contribution in [3.63, 3.8) is 0 Å². The number of halogens is 1. The Morgan fingerprint density at radius 1 is 1.16 bits per heavy atom. The maximum Gasteiger partial charge on any atom is 0.184 e. The minimum Gasteiger partial charge on any atom is -0.397 e. The third-order valence-electron chi connectivity index (χ3n) is 2.70. The molecule has 0 bridgehead atoms. The molecular formula is C13H13ClN2O2S. The molecule has 0 fully saturated rings. The molecule has 19 heavy (non-hydrogen) atoms. The maximum absolute atomic E-state index is 12.2. The summed E-state index contributed by atoms with van der Waals surface area (Å²) < 4.78 is 24.4. The van der Waals surface area contributed by atoms with Crippen LogP contribution in [0.2, 0.25) is 5.02 Å². The molecule has 0 saturated heterocycles. The lowest BCUT2D eigenvalue weighted by Gasteiger charge is -2.06. The van der Waals surface area contributed by atoms with Crippen LogP contribution in [0.25, 0.3) is 0 Å². The van der Waals surface area contributed by atoms with E-state index in [1.165, 1.54) is 12.1 Å². The lowest BCUT2D eigenvalue weighted by atomic mass is 10.3. The Morgan fingerprint density at radius 2 is 1.79 bits per heavy atom. The fourth-order valence-electron chi connectivity index (χ4n) is 1.62. The predicted octanol–water partition coefficient (Wildman–Crippen LogP) is 2.60. The monoisotopic (exact) mass is 296 g/mol. The van der Waals surface area contributed by atoms with E-state index in [2.05, 4.69) is 4.98 Å². The van der Waals surface area contributed by atoms with Crippen molar-refractivity contribution in [2.45, 2.75) is 17.6 Å². The molecule has 6 heteroatoms. The van der Waals surface area contributed by atoms with E-state index in [-0.39, 0.29) is 10.6 Å². The fourth-order valence-corrected chi connectivity index (χ4v) is 3.02. The van der Waals surface area contributed by atoms with Crippen LogP contribution in [0.3, 0.4) is 0 Å². The number of nitrogen functional groups attached to an aromatic ring is 1. The molecule has 0 aliphatic rings. The van der Waals surface area contributed by atoms with Gasteiger partial charge in [0.15, 0.2) is 9.84 Å². The van der Waals surface area contributed by atoms with Crippen LogP contribution in [-0.4, -0.2) is 13.4 Å². The number of aryl methyl sites for hydroxylation is 1. The first-order valence-electron chi connectivity index (χ1n) is 5.59. The summed E-state index contributed by atoms with van der Waals surface area (Å²) in [5, 5.41) is 0.500. The molecule has 0 amide bonds. The van der Waals surface area contributed by atoms with E-state index in [0.29, 0.717) is 22.1 Å². The Morgan fingerprint density at radius 3 is 2.37 bits per heavy atom. The van der Waals surface area contributed by atoms with Crippen molar-refractivity contribution in [2.24, 2.45) is 0 Å². The van der Waals surface area contributed by atoms with E-state index < -0.39 is 9.84 Å². The Bertz CT molecular complexity index is 697. The molecular weight excluding hydrogens is 284 g/mol. The van der Waals surface area contributed by atoms with Crippen LogP contribution in [0, 0.1) is 6.92 Å². The molecule has 1 aromatic heterocycles. The van der Waals surface area contributed by atoms with E-state index in [4.69, 9.17) is 17.3 Å². The zero-order valence-corrected chi connectivity index (χ0v) is 11.9. The smallest absolute Gasteiger partial charge is 0.184 e. The van der Waals surface area contributed by atoms with Gasteiger partial charge in [0.1, 0.15) is 0 Å². The molecule has 2 N–H and O–H groups in total. The molecule has 0 spiro atoms. The summed E-state index contributed by atoms with van der Waals surface area (Å²) in [6.07, 6.45) is 0. The first kappa shape index (κ1) is 13.8. The SMILES string of the molecule is Cc1nc(CS(=O)(=O)c2ccc(Cl)cc2)ccc1N. The molecule has 1 heterocycles. The molecule has 0 aliphatic carbocycles. The van der Waals surface area contributed by atoms with Gasteiger partial charge < -0.3 is 5.73 Å². The van der Waals surface area contributed by atoms with Crippen LogP contribution < -0.4 is 5.73 Å². The van der Waals surface area contributed by atoms with Gasteiger partial charge in [-0.15, -0.1) is 0 Å². The van der Waals surface area contributed by atoms with Crippen molar-refractivity contribution < 1.29 is 8.42 Å². The number of aromatic nitrogens is 1. The Hall–Kier alpha value is -1.59. The van der Waals surface area contributed by atoms with Crippen LogP contribution in [0.4, 0.5) is 5.69 Å². The van der Waals surface area contributed by atoms with E-state index in [0.717, 1.165) is 0 Å². The highest BCUT2D eigenvalue weighted by molar-refractivity contribution is 7.90. The van der Waals surface area contributed by atoms with Gasteiger partial charge in [-0.2, -0.15) is 0 Å². The highest BCUT2D eigenvalue weighted by Gasteiger charge is 2.16. The maximum atomic E-state index is 12.2. The zero-order chi connectivity index (χ0) is 14.0. The molecule has 0 unspecified atom stereocenters. The predicted molar refractivity (Wildman–Crippen MR) is 75.7 cm³/mol. The normalized spacial score (nSPS) is 11.5. The van der Waals surface area contributed by atoms with E-state index in [9.17, 15) is 8.42 Å². The van der Waals surface area contributed by atoms with Gasteiger partial charge in [-0.3, -0.25) is 4.98 Å². The molecule has 2 rings (SSSR count). The number of benzene rings is 1. The Kier molecular flexibility index (Phi) is 3.78. The van der Waals surface area contributed by atoms with Crippen LogP contribution in [0.5, 0.6) is 0 Å². The Balaban J connectivity index is 2.30. The molecule has 1 aromatic carbocycles. The largest absolute Gasteiger partial charge is 0.397 e. The summed E-state index contributed by atoms with van der Waals surface area (Å²) in [5.41, 5.74) is 7.30. The van der Waals surface area contributed by atoms with Crippen molar-refractivity contribution in [1.82, 2.24) is 4.98 Å². The number of sulfone groups is 1. The van der Waals surface area contributed by atoms with E-state index in [1.54, 1.807) is 31.2 Å². The third kappa shape index (κ3) is 3.24. The molecule has 100 valence electrons. The number of nitrogens with zero attached hydrogens (tertiary/aromatic N) is 1. The van der Waals surface area contributed by atoms with Crippen molar-refractivity contribution in [3.8, 4) is 0 Å². The lowest BCUT2D eigenvalue weighted by Crippen LogP contribution is -2.07. The molecule has 0 aliphatic heterocycles. The molecule has 0 radical (unpaired) electrons. The molecule has 4 nitrogen and oxygen atoms in total. The summed E-state index contributed by atoms with van der Waals surface area (Å²) in [6.45, 7) is 1.74. The van der Waals surface area contributed by atoms with Gasteiger partial charge in [-0.05, 0) is 43.3 Å². The first-order chi connectivity index (χ1) is 8.88. The number of anilines is 1. The highest BCUT2D eigenvalue weighted by atomic mass is 35.5. The molecule has 2 aromatic rings. The Labute approximate surface area is 117 Å². The van der Waals surface area contributed by atoms with Crippen LogP contribution >= 0.6 is 11.6 Å². The summed E-state index contributed by atoms with van der Waals surface area (Å²) >= 11 is 5.74. The van der Waals surface area contributed by atoms with Gasteiger partial charge in [0.05, 0.1) is 27.7 Å². The summed E-state index contributed by atoms with van der Waals surface area (Å²) in [5.74, 6) is -0.157. The van der Waals surface area contributed by atoms with Crippen molar-refractivity contribution in [3.05, 3.63) is 52.8 Å². The first-order valence-corrected chi connectivity index (χ1v) is 7.62. The van der Waals surface area contributed by atoms with Gasteiger partial charge >= 0.3 is 0 Å². The number of nitrogens with two attached hydrogens (primary N) is 1. The van der Waals surface area contributed by atoms with Gasteiger partial charge in [0, 0.05) is 5.02 Å². The number of hydrogen-bond acceptors (Lipinski definition) is 4. The van der Waals surface area contributed by atoms with Gasteiger partial charge in [-0.25, -0.2) is 8.42 Å². The fraction of sp³-hybridized carbons (Fsp3) is 0.154. The second-order valence-corrected chi connectivity index (χ2v) is 6.62. The topological polar surface area (TPSA) is 73.0 Å². The number of rotatable bonds is 3. The van der Waals surface area contributed by atoms with Gasteiger partial charge in [0.2, 0.25) is 0 Å². The zero-order valence-electron chi connectivity index (χ0n) is 10.3. The second-order valence-electron chi connectivity index (χ2n) is 4.19. The lowest BCUT2D eigenvalue weighted by molar-refractivity contribution is 0.594. The quantitative estimate of drug-likeness (QED) is 0.945. The number of hydrogen-bond donors (Lipinski definition) is 1. The third-order valence-corrected chi connectivity index (χ3v) is 4.61. The van der Waals surface area contributed by atoms with Crippen LogP contribution in [-0.2, 0) is 15.6 Å². The van der Waals surface area contributed by atoms with E-state index >= 15 is 0 Å². The van der Waals surface area contributed by atoms with Gasteiger partial charge in [-0.1, -0.05) is 11.6 Å². The van der Waals surface area contributed by atoms with Crippen molar-refractivity contribution in [2.75, 3.05) is 5.73 Å². The minimum atomic E-state index is -3.42. The number of pyridine rings is 1. The average Bonchev–Trinajstić information content (AvgIpc) is 2.34.